The number of ether oxygens (including phenoxy) is 4. The number of halogens is 6. The molecule has 14 N–H and O–H groups in total. The van der Waals surface area contributed by atoms with Gasteiger partial charge in [0.1, 0.15) is 0 Å². The Morgan fingerprint density at radius 1 is 0.364 bits per heavy atom. The number of hydrogen-bond acceptors (Lipinski definition) is 24. The maximum absolute atomic E-state index is 12.0. The number of methoxy groups -OCH3 is 1. The van der Waals surface area contributed by atoms with Crippen LogP contribution in [0.2, 0.25) is 0 Å². The molecule has 118 heavy (non-hydrogen) atoms. The topological polar surface area (TPSA) is 278 Å². The first kappa shape index (κ1) is 105. The Kier molecular flexibility index (Phi) is 59.8. The van der Waals surface area contributed by atoms with Crippen molar-refractivity contribution in [2.45, 2.75) is 320 Å². The van der Waals surface area contributed by atoms with Gasteiger partial charge in [-0.15, -0.1) is 35.3 Å². The van der Waals surface area contributed by atoms with E-state index in [0.717, 1.165) is 162 Å². The summed E-state index contributed by atoms with van der Waals surface area (Å²) in [5.41, 5.74) is 6.77. The summed E-state index contributed by atoms with van der Waals surface area (Å²) in [6, 6.07) is 19.6. The van der Waals surface area contributed by atoms with Crippen LogP contribution < -0.4 is 74.4 Å². The summed E-state index contributed by atoms with van der Waals surface area (Å²) in [6.45, 7) is 20.0. The number of nitrogens with one attached hydrogen (secondary N) is 14. The van der Waals surface area contributed by atoms with Gasteiger partial charge in [0.05, 0.1) is 67.0 Å². The molecule has 6 saturated carbocycles. The van der Waals surface area contributed by atoms with Crippen LogP contribution in [0.1, 0.15) is 228 Å². The predicted molar refractivity (Wildman–Crippen MR) is 481 cm³/mol. The molecule has 0 unspecified atom stereocenters. The molecule has 3 aromatic heterocycles. The van der Waals surface area contributed by atoms with E-state index in [2.05, 4.69) is 125 Å². The normalized spacial score (nSPS) is 25.9. The molecule has 0 saturated heterocycles. The number of nitrogens with zero attached hydrogens (tertiary/aromatic N) is 3. The molecule has 35 heteroatoms. The Balaban J connectivity index is 0.000000233. The van der Waals surface area contributed by atoms with E-state index in [1.54, 1.807) is 18.9 Å². The average Bonchev–Trinajstić information content (AvgIpc) is 1.36. The van der Waals surface area contributed by atoms with Gasteiger partial charge in [0, 0.05) is 216 Å². The van der Waals surface area contributed by atoms with Crippen molar-refractivity contribution in [2.75, 3.05) is 116 Å². The van der Waals surface area contributed by atoms with E-state index in [1.165, 1.54) is 169 Å². The van der Waals surface area contributed by atoms with Crippen molar-refractivity contribution in [3.63, 3.8) is 0 Å². The number of amides is 2. The number of carbonyl (C=O) groups is 2. The second kappa shape index (κ2) is 67.2. The molecule has 23 nitrogen and oxygen atoms in total. The van der Waals surface area contributed by atoms with Gasteiger partial charge in [0.15, 0.2) is 0 Å². The number of esters is 1. The van der Waals surface area contributed by atoms with E-state index >= 15 is 0 Å². The molecule has 12 atom stereocenters. The van der Waals surface area contributed by atoms with Gasteiger partial charge in [-0.05, 0) is 133 Å². The second-order valence-electron chi connectivity index (χ2n) is 31.8. The quantitative estimate of drug-likeness (QED) is 0.0182. The molecule has 12 rings (SSSR count). The van der Waals surface area contributed by atoms with Crippen LogP contribution in [0, 0.1) is 0 Å². The summed E-state index contributed by atoms with van der Waals surface area (Å²) in [5, 5.41) is 52.0. The first-order chi connectivity index (χ1) is 58.0. The summed E-state index contributed by atoms with van der Waals surface area (Å²) in [5.74, 6) is 2.53. The molecule has 0 aromatic carbocycles. The molecule has 6 bridgehead atoms. The Bertz CT molecular complexity index is 2970. The summed E-state index contributed by atoms with van der Waals surface area (Å²) < 4.78 is 21.4. The van der Waals surface area contributed by atoms with Crippen LogP contribution in [0.15, 0.2) is 51.1 Å². The van der Waals surface area contributed by atoms with Gasteiger partial charge in [-0.2, -0.15) is 0 Å². The third-order valence-electron chi connectivity index (χ3n) is 23.1. The van der Waals surface area contributed by atoms with E-state index in [0.29, 0.717) is 118 Å². The van der Waals surface area contributed by atoms with E-state index < -0.39 is 0 Å². The first-order valence-electron chi connectivity index (χ1n) is 44.1. The van der Waals surface area contributed by atoms with Gasteiger partial charge in [-0.1, -0.05) is 90.9 Å². The van der Waals surface area contributed by atoms with Crippen LogP contribution in [0.4, 0.5) is 4.79 Å². The number of thioether (sulfide) groups is 3. The van der Waals surface area contributed by atoms with E-state index in [9.17, 15) is 9.59 Å². The van der Waals surface area contributed by atoms with Gasteiger partial charge >= 0.3 is 112 Å². The van der Waals surface area contributed by atoms with Crippen molar-refractivity contribution >= 4 is 108 Å². The van der Waals surface area contributed by atoms with Crippen molar-refractivity contribution in [1.82, 2.24) is 89.4 Å². The Hall–Kier alpha value is -0.0616. The molecule has 6 fully saturated rings. The summed E-state index contributed by atoms with van der Waals surface area (Å²) in [4.78, 5) is 42.9. The standard InChI is InChI=1S/C30H51N5O3S.C29H51N7O2S.C24H41N5OS.6ClH.3Mn/c1-2-15-37-17-12-30(36)38-16-7-18-39-25-19-23-21-33-28-10-5-3-8-26(28)31-13-14-32-27-9-4-6-11-29(27)34-22-24(20-25)35-23;1-2-15-38-16-13-32-29(37)33-14-17-39-24-18-22-20-34-27-9-5-3-7-25(27)30-11-12-31-26-8-4-6-10-28(26)35-21-23(19-24)36-22;1-30-12-13-31-20-14-18-16-27-23-8-4-2-6-21(23)25-10-11-26-22-7-3-5-9-24(22)28-17-19(15-20)29-18;;;;;;;;;/h19-20,26-29,31-34H,2-18,21-22H2,1H3;18-19,25-28,30-31,34-35H,2-17,20-21H2,1H3,(H2,32,33,37);14-15,21-28H,2-13,16-17H2,1H3;6*1H;;;/q;;;;;;;;;3*+2/p-6/t26-,27-,28-,29-;25-,26-,27-,28-;21-,22-,23-,24-;;;;;;;;;/m111........./s1. The van der Waals surface area contributed by atoms with Crippen LogP contribution in [0.3, 0.4) is 0 Å². The molecule has 2 amide bonds. The van der Waals surface area contributed by atoms with Crippen LogP contribution >= 0.6 is 95.9 Å². The molecule has 3 aromatic rings. The number of aromatic nitrogens is 3. The summed E-state index contributed by atoms with van der Waals surface area (Å²) in [7, 11) is 30.5. The van der Waals surface area contributed by atoms with Crippen molar-refractivity contribution in [1.29, 1.82) is 0 Å². The van der Waals surface area contributed by atoms with Crippen LogP contribution in [-0.4, -0.2) is 216 Å². The Morgan fingerprint density at radius 3 is 0.915 bits per heavy atom. The number of urea groups is 1. The fraction of sp³-hybridized carbons (Fsp3) is 0.795. The predicted octanol–water partition coefficient (Wildman–Crippen LogP) is 13.8. The monoisotopic (exact) mass is 1940 g/mol. The number of carbonyl (C=O) groups excluding carboxylic acids is 2. The van der Waals surface area contributed by atoms with Crippen LogP contribution in [0.25, 0.3) is 0 Å². The summed E-state index contributed by atoms with van der Waals surface area (Å²) in [6.07, 6.45) is 33.8. The number of pyridine rings is 3. The maximum atomic E-state index is 12.0. The number of hydrogen-bond donors (Lipinski definition) is 14. The van der Waals surface area contributed by atoms with Gasteiger partial charge in [0.2, 0.25) is 0 Å². The Labute approximate surface area is 765 Å². The van der Waals surface area contributed by atoms with E-state index in [4.69, 9.17) is 94.5 Å². The van der Waals surface area contributed by atoms with Gasteiger partial charge in [0.25, 0.3) is 0 Å². The van der Waals surface area contributed by atoms with E-state index in [-0.39, 0.29) is 51.4 Å². The fourth-order valence-electron chi connectivity index (χ4n) is 17.4. The molecule has 6 heterocycles. The SMILES string of the molecule is CCCOCCC(=O)OCCCSc1cc2nc(c1)CN[C@@H]1CCCC[C@H]1NCCN[C@@H]1CCCC[C@H]1NC2.CCCOCCNC(=O)NCCSc1cc2nc(c1)CN[C@@H]1CCCC[C@H]1NCCN[C@@H]1CCCC[C@H]1NC2.COCCSc1cc2nc(c1)CN[C@@H]1CCCC[C@H]1NCCN[C@@H]1CCCC[C@H]1NC2.[Cl][Mn][Cl].[Cl][Mn][Cl].[Cl][Mn][Cl]. The minimum absolute atomic E-state index is 0.00694. The molecular formula is C83H143Cl6Mn3N17O6S3. The van der Waals surface area contributed by atoms with Crippen LogP contribution in [-0.2, 0) is 102 Å². The minimum atomic E-state index is -0.170. The van der Waals surface area contributed by atoms with Crippen molar-refractivity contribution < 1.29 is 67.9 Å². The average molecular weight is 1950 g/mol. The first-order valence-corrected chi connectivity index (χ1v) is 56.8. The van der Waals surface area contributed by atoms with Gasteiger partial charge in [-0.3, -0.25) is 19.7 Å². The Morgan fingerprint density at radius 2 is 0.627 bits per heavy atom. The number of fused-ring (bicyclic) bond motifs is 12. The zero-order valence-corrected chi connectivity index (χ0v) is 80.9. The molecule has 0 spiro atoms. The number of rotatable bonds is 23. The molecule has 677 valence electrons. The second-order valence-corrected chi connectivity index (χ2v) is 41.1. The summed E-state index contributed by atoms with van der Waals surface area (Å²) >= 11 is 5.50. The molecule has 6 aliphatic carbocycles. The van der Waals surface area contributed by atoms with E-state index in [1.807, 2.05) is 23.5 Å². The zero-order chi connectivity index (χ0) is 83.7. The van der Waals surface area contributed by atoms with Gasteiger partial charge < -0.3 is 93.4 Å². The molecular weight excluding hydrogens is 1800 g/mol. The van der Waals surface area contributed by atoms with Crippen molar-refractivity contribution in [3.8, 4) is 0 Å². The molecule has 0 radical (unpaired) electrons. The zero-order valence-electron chi connectivity index (χ0n) is 70.4. The van der Waals surface area contributed by atoms with Crippen molar-refractivity contribution in [2.24, 2.45) is 0 Å². The fourth-order valence-corrected chi connectivity index (χ4v) is 20.1. The molecule has 3 aliphatic heterocycles. The van der Waals surface area contributed by atoms with Gasteiger partial charge in [-0.25, -0.2) is 4.79 Å². The van der Waals surface area contributed by atoms with Crippen molar-refractivity contribution in [3.05, 3.63) is 70.6 Å². The molecule has 9 aliphatic rings. The third kappa shape index (κ3) is 44.3. The third-order valence-corrected chi connectivity index (χ3v) is 26.1. The van der Waals surface area contributed by atoms with Crippen LogP contribution in [0.5, 0.6) is 0 Å².